The molecule has 0 amide bonds. The molecule has 1 unspecified atom stereocenters. The van der Waals surface area contributed by atoms with E-state index in [1.807, 2.05) is 18.2 Å². The summed E-state index contributed by atoms with van der Waals surface area (Å²) in [6.45, 7) is 0.736. The Bertz CT molecular complexity index is 646. The molecule has 114 valence electrons. The minimum Gasteiger partial charge on any atom is -0.493 e. The topological polar surface area (TPSA) is 60.5 Å². The number of hydrogen-bond donors (Lipinski definition) is 1. The molecule has 1 N–H and O–H groups in total. The van der Waals surface area contributed by atoms with Crippen LogP contribution in [-0.4, -0.2) is 42.0 Å². The summed E-state index contributed by atoms with van der Waals surface area (Å²) in [5, 5.41) is 5.30. The Labute approximate surface area is 127 Å². The lowest BCUT2D eigenvalue weighted by molar-refractivity contribution is 0.356. The Kier molecular flexibility index (Phi) is 5.38. The summed E-state index contributed by atoms with van der Waals surface area (Å²) in [5.74, 6) is 2.86. The van der Waals surface area contributed by atoms with Gasteiger partial charge in [-0.1, -0.05) is 0 Å². The number of aromatic nitrogens is 1. The van der Waals surface area contributed by atoms with Gasteiger partial charge in [-0.2, -0.15) is 0 Å². The quantitative estimate of drug-likeness (QED) is 0.796. The highest BCUT2D eigenvalue weighted by molar-refractivity contribution is 7.84. The van der Waals surface area contributed by atoms with E-state index < -0.39 is 10.8 Å². The Hall–Kier alpha value is -1.82. The second-order valence-electron chi connectivity index (χ2n) is 4.65. The monoisotopic (exact) mass is 308 g/mol. The third-order valence-corrected chi connectivity index (χ3v) is 4.03. The first-order valence-corrected chi connectivity index (χ1v) is 8.43. The highest BCUT2D eigenvalue weighted by Gasteiger charge is 2.09. The lowest BCUT2D eigenvalue weighted by atomic mass is 10.1. The van der Waals surface area contributed by atoms with Crippen LogP contribution < -0.4 is 14.8 Å². The third kappa shape index (κ3) is 3.85. The molecule has 0 aliphatic carbocycles. The fourth-order valence-electron chi connectivity index (χ4n) is 2.12. The van der Waals surface area contributed by atoms with E-state index in [2.05, 4.69) is 10.3 Å². The molecule has 2 rings (SSSR count). The normalized spacial score (nSPS) is 12.1. The molecular formula is C15H20N2O3S. The van der Waals surface area contributed by atoms with E-state index >= 15 is 0 Å². The van der Waals surface area contributed by atoms with Crippen LogP contribution in [0.3, 0.4) is 0 Å². The van der Waals surface area contributed by atoms with E-state index in [1.54, 1.807) is 26.7 Å². The van der Waals surface area contributed by atoms with Crippen molar-refractivity contribution in [3.8, 4) is 11.5 Å². The van der Waals surface area contributed by atoms with E-state index in [-0.39, 0.29) is 0 Å². The first kappa shape index (κ1) is 15.6. The molecule has 0 radical (unpaired) electrons. The zero-order valence-corrected chi connectivity index (χ0v) is 13.3. The van der Waals surface area contributed by atoms with Crippen molar-refractivity contribution in [2.75, 3.05) is 38.1 Å². The maximum atomic E-state index is 11.1. The number of hydrogen-bond acceptors (Lipinski definition) is 5. The van der Waals surface area contributed by atoms with Gasteiger partial charge in [-0.15, -0.1) is 0 Å². The maximum absolute atomic E-state index is 11.1. The van der Waals surface area contributed by atoms with Crippen LogP contribution >= 0.6 is 0 Å². The van der Waals surface area contributed by atoms with Gasteiger partial charge >= 0.3 is 0 Å². The summed E-state index contributed by atoms with van der Waals surface area (Å²) in [7, 11) is 2.48. The summed E-state index contributed by atoms with van der Waals surface area (Å²) in [6, 6.07) is 5.78. The molecule has 0 aliphatic rings. The van der Waals surface area contributed by atoms with Crippen LogP contribution in [0, 0.1) is 0 Å². The Morgan fingerprint density at radius 2 is 1.95 bits per heavy atom. The summed E-state index contributed by atoms with van der Waals surface area (Å²) in [5.41, 5.74) is 0. The summed E-state index contributed by atoms with van der Waals surface area (Å²) >= 11 is 0. The van der Waals surface area contributed by atoms with Crippen LogP contribution in [0.1, 0.15) is 6.42 Å². The van der Waals surface area contributed by atoms with Gasteiger partial charge in [-0.25, -0.2) is 4.98 Å². The van der Waals surface area contributed by atoms with Gasteiger partial charge in [0.2, 0.25) is 0 Å². The first-order valence-electron chi connectivity index (χ1n) is 6.70. The van der Waals surface area contributed by atoms with Crippen LogP contribution in [0.5, 0.6) is 11.5 Å². The first-order chi connectivity index (χ1) is 10.2. The maximum Gasteiger partial charge on any atom is 0.161 e. The van der Waals surface area contributed by atoms with Crippen molar-refractivity contribution in [2.45, 2.75) is 6.42 Å². The molecule has 6 heteroatoms. The predicted octanol–water partition coefficient (Wildman–Crippen LogP) is 2.43. The van der Waals surface area contributed by atoms with Crippen LogP contribution in [0.2, 0.25) is 0 Å². The second kappa shape index (κ2) is 7.26. The molecule has 5 nitrogen and oxygen atoms in total. The van der Waals surface area contributed by atoms with Crippen molar-refractivity contribution >= 4 is 27.4 Å². The van der Waals surface area contributed by atoms with Crippen molar-refractivity contribution in [3.63, 3.8) is 0 Å². The molecule has 1 heterocycles. The molecule has 0 saturated carbocycles. The van der Waals surface area contributed by atoms with E-state index in [4.69, 9.17) is 9.47 Å². The van der Waals surface area contributed by atoms with Gasteiger partial charge in [-0.3, -0.25) is 4.21 Å². The fraction of sp³-hybridized carbons (Fsp3) is 0.400. The number of rotatable bonds is 7. The predicted molar refractivity (Wildman–Crippen MR) is 86.9 cm³/mol. The molecule has 0 saturated heterocycles. The highest BCUT2D eigenvalue weighted by atomic mass is 32.2. The molecule has 0 aliphatic heterocycles. The minimum absolute atomic E-state index is 0.677. The number of fused-ring (bicyclic) bond motifs is 1. The van der Waals surface area contributed by atoms with Crippen molar-refractivity contribution in [1.82, 2.24) is 4.98 Å². The molecule has 1 aromatic heterocycles. The largest absolute Gasteiger partial charge is 0.493 e. The average Bonchev–Trinajstić information content (AvgIpc) is 2.49. The fourth-order valence-corrected chi connectivity index (χ4v) is 2.67. The van der Waals surface area contributed by atoms with Crippen LogP contribution in [-0.2, 0) is 10.8 Å². The number of nitrogens with one attached hydrogen (secondary N) is 1. The van der Waals surface area contributed by atoms with Gasteiger partial charge in [0.15, 0.2) is 11.5 Å². The zero-order valence-electron chi connectivity index (χ0n) is 12.5. The van der Waals surface area contributed by atoms with Gasteiger partial charge in [0.1, 0.15) is 5.82 Å². The Balaban J connectivity index is 2.25. The molecule has 0 bridgehead atoms. The average molecular weight is 308 g/mol. The standard InChI is InChI=1S/C15H20N2O3S/c1-19-13-9-11-5-7-17-15(12(11)10-14(13)20-2)16-6-4-8-21(3)18/h5,7,9-10H,4,6,8H2,1-3H3,(H,16,17). The SMILES string of the molecule is COc1cc2ccnc(NCCCS(C)=O)c2cc1OC. The lowest BCUT2D eigenvalue weighted by Crippen LogP contribution is -2.07. The highest BCUT2D eigenvalue weighted by Crippen LogP contribution is 2.34. The smallest absolute Gasteiger partial charge is 0.161 e. The van der Waals surface area contributed by atoms with Crippen LogP contribution in [0.15, 0.2) is 24.4 Å². The third-order valence-electron chi connectivity index (χ3n) is 3.17. The van der Waals surface area contributed by atoms with E-state index in [1.165, 1.54) is 0 Å². The Morgan fingerprint density at radius 1 is 1.24 bits per heavy atom. The van der Waals surface area contributed by atoms with Gasteiger partial charge in [0.25, 0.3) is 0 Å². The van der Waals surface area contributed by atoms with Crippen LogP contribution in [0.4, 0.5) is 5.82 Å². The number of methoxy groups -OCH3 is 2. The number of ether oxygens (including phenoxy) is 2. The van der Waals surface area contributed by atoms with Gasteiger partial charge in [0, 0.05) is 40.9 Å². The molecule has 0 fully saturated rings. The van der Waals surface area contributed by atoms with E-state index in [0.29, 0.717) is 17.3 Å². The summed E-state index contributed by atoms with van der Waals surface area (Å²) < 4.78 is 21.7. The van der Waals surface area contributed by atoms with E-state index in [9.17, 15) is 4.21 Å². The molecule has 1 atom stereocenters. The van der Waals surface area contributed by atoms with Gasteiger partial charge in [0.05, 0.1) is 14.2 Å². The van der Waals surface area contributed by atoms with Crippen molar-refractivity contribution < 1.29 is 13.7 Å². The second-order valence-corrected chi connectivity index (χ2v) is 6.20. The molecule has 2 aromatic rings. The molecule has 1 aromatic carbocycles. The number of anilines is 1. The molecule has 0 spiro atoms. The summed E-state index contributed by atoms with van der Waals surface area (Å²) in [6.07, 6.45) is 4.32. The molecule has 21 heavy (non-hydrogen) atoms. The lowest BCUT2D eigenvalue weighted by Gasteiger charge is -2.12. The number of nitrogens with zero attached hydrogens (tertiary/aromatic N) is 1. The van der Waals surface area contributed by atoms with E-state index in [0.717, 1.165) is 29.6 Å². The van der Waals surface area contributed by atoms with Crippen molar-refractivity contribution in [2.24, 2.45) is 0 Å². The van der Waals surface area contributed by atoms with Crippen molar-refractivity contribution in [1.29, 1.82) is 0 Å². The van der Waals surface area contributed by atoms with Gasteiger partial charge in [-0.05, 0) is 30.0 Å². The summed E-state index contributed by atoms with van der Waals surface area (Å²) in [4.78, 5) is 4.37. The molecular weight excluding hydrogens is 288 g/mol. The van der Waals surface area contributed by atoms with Crippen molar-refractivity contribution in [3.05, 3.63) is 24.4 Å². The minimum atomic E-state index is -0.757. The zero-order chi connectivity index (χ0) is 15.2. The van der Waals surface area contributed by atoms with Crippen LogP contribution in [0.25, 0.3) is 10.8 Å². The Morgan fingerprint density at radius 3 is 2.62 bits per heavy atom. The van der Waals surface area contributed by atoms with Gasteiger partial charge < -0.3 is 14.8 Å². The number of benzene rings is 1. The number of pyridine rings is 1.